The Morgan fingerprint density at radius 1 is 1.29 bits per heavy atom. The van der Waals surface area contributed by atoms with Gasteiger partial charge in [-0.15, -0.1) is 0 Å². The van der Waals surface area contributed by atoms with Gasteiger partial charge in [-0.1, -0.05) is 12.8 Å². The van der Waals surface area contributed by atoms with Gasteiger partial charge in [0.25, 0.3) is 0 Å². The molecular formula is C11H19N3. The molecule has 0 bridgehead atoms. The third kappa shape index (κ3) is 1.27. The Balaban J connectivity index is 2.49. The smallest absolute Gasteiger partial charge is 0.0647 e. The predicted molar refractivity (Wildman–Crippen MR) is 57.0 cm³/mol. The summed E-state index contributed by atoms with van der Waals surface area (Å²) in [5.74, 6) is 0. The maximum atomic E-state index is 6.44. The van der Waals surface area contributed by atoms with Crippen molar-refractivity contribution in [3.63, 3.8) is 0 Å². The lowest BCUT2D eigenvalue weighted by Gasteiger charge is -2.24. The first-order valence-electron chi connectivity index (χ1n) is 5.34. The van der Waals surface area contributed by atoms with Crippen LogP contribution in [0.1, 0.15) is 42.6 Å². The van der Waals surface area contributed by atoms with Crippen LogP contribution in [0.4, 0.5) is 0 Å². The molecule has 0 saturated heterocycles. The average Bonchev–Trinajstić information content (AvgIpc) is 2.60. The standard InChI is InChI=1S/C11H19N3/c1-8-10(9(2)14(3)13-8)11(12)6-4-5-7-11/h4-7,12H2,1-3H3. The maximum absolute atomic E-state index is 6.44. The summed E-state index contributed by atoms with van der Waals surface area (Å²) in [7, 11) is 1.99. The Kier molecular flexibility index (Phi) is 2.14. The second-order valence-electron chi connectivity index (χ2n) is 4.53. The van der Waals surface area contributed by atoms with Gasteiger partial charge in [-0.05, 0) is 26.7 Å². The minimum absolute atomic E-state index is 0.0948. The molecule has 14 heavy (non-hydrogen) atoms. The summed E-state index contributed by atoms with van der Waals surface area (Å²) in [5, 5.41) is 4.44. The van der Waals surface area contributed by atoms with Crippen LogP contribution in [-0.4, -0.2) is 9.78 Å². The molecule has 0 aromatic carbocycles. The Hall–Kier alpha value is -0.830. The lowest BCUT2D eigenvalue weighted by Crippen LogP contribution is -2.34. The third-order valence-corrected chi connectivity index (χ3v) is 3.50. The van der Waals surface area contributed by atoms with Crippen LogP contribution in [0.25, 0.3) is 0 Å². The van der Waals surface area contributed by atoms with E-state index in [-0.39, 0.29) is 5.54 Å². The summed E-state index contributed by atoms with van der Waals surface area (Å²) in [6.07, 6.45) is 4.73. The first-order valence-corrected chi connectivity index (χ1v) is 5.34. The summed E-state index contributed by atoms with van der Waals surface area (Å²) < 4.78 is 1.94. The van der Waals surface area contributed by atoms with Crippen molar-refractivity contribution in [2.75, 3.05) is 0 Å². The zero-order chi connectivity index (χ0) is 10.3. The van der Waals surface area contributed by atoms with Crippen molar-refractivity contribution >= 4 is 0 Å². The molecule has 0 unspecified atom stereocenters. The predicted octanol–water partition coefficient (Wildman–Crippen LogP) is 1.76. The molecule has 2 rings (SSSR count). The maximum Gasteiger partial charge on any atom is 0.0647 e. The zero-order valence-electron chi connectivity index (χ0n) is 9.30. The summed E-state index contributed by atoms with van der Waals surface area (Å²) >= 11 is 0. The Morgan fingerprint density at radius 3 is 2.29 bits per heavy atom. The quantitative estimate of drug-likeness (QED) is 0.738. The van der Waals surface area contributed by atoms with Crippen LogP contribution in [0.5, 0.6) is 0 Å². The molecule has 0 radical (unpaired) electrons. The highest BCUT2D eigenvalue weighted by Crippen LogP contribution is 2.38. The molecule has 3 nitrogen and oxygen atoms in total. The average molecular weight is 193 g/mol. The third-order valence-electron chi connectivity index (χ3n) is 3.50. The minimum atomic E-state index is -0.0948. The number of nitrogens with two attached hydrogens (primary N) is 1. The van der Waals surface area contributed by atoms with E-state index in [1.807, 2.05) is 11.7 Å². The normalized spacial score (nSPS) is 20.3. The van der Waals surface area contributed by atoms with Gasteiger partial charge < -0.3 is 5.73 Å². The van der Waals surface area contributed by atoms with Gasteiger partial charge >= 0.3 is 0 Å². The Morgan fingerprint density at radius 2 is 1.86 bits per heavy atom. The fourth-order valence-corrected chi connectivity index (χ4v) is 2.75. The molecule has 3 heteroatoms. The van der Waals surface area contributed by atoms with Crippen molar-refractivity contribution < 1.29 is 0 Å². The van der Waals surface area contributed by atoms with Gasteiger partial charge in [0, 0.05) is 23.8 Å². The number of aromatic nitrogens is 2. The zero-order valence-corrected chi connectivity index (χ0v) is 9.30. The molecule has 0 atom stereocenters. The molecular weight excluding hydrogens is 174 g/mol. The highest BCUT2D eigenvalue weighted by Gasteiger charge is 2.35. The van der Waals surface area contributed by atoms with E-state index in [9.17, 15) is 0 Å². The molecule has 0 amide bonds. The van der Waals surface area contributed by atoms with Gasteiger partial charge in [-0.25, -0.2) is 0 Å². The van der Waals surface area contributed by atoms with E-state index in [4.69, 9.17) is 5.73 Å². The fraction of sp³-hybridized carbons (Fsp3) is 0.727. The SMILES string of the molecule is Cc1nn(C)c(C)c1C1(N)CCCC1. The van der Waals surface area contributed by atoms with E-state index in [2.05, 4.69) is 18.9 Å². The molecule has 2 N–H and O–H groups in total. The van der Waals surface area contributed by atoms with Crippen molar-refractivity contribution in [3.05, 3.63) is 17.0 Å². The van der Waals surface area contributed by atoms with Crippen LogP contribution in [0.2, 0.25) is 0 Å². The van der Waals surface area contributed by atoms with Gasteiger partial charge in [0.05, 0.1) is 5.69 Å². The van der Waals surface area contributed by atoms with Crippen molar-refractivity contribution in [2.24, 2.45) is 12.8 Å². The van der Waals surface area contributed by atoms with Gasteiger partial charge in [-0.3, -0.25) is 4.68 Å². The van der Waals surface area contributed by atoms with Crippen molar-refractivity contribution in [1.82, 2.24) is 9.78 Å². The van der Waals surface area contributed by atoms with Gasteiger partial charge in [0.15, 0.2) is 0 Å². The first-order chi connectivity index (χ1) is 6.54. The number of hydrogen-bond acceptors (Lipinski definition) is 2. The van der Waals surface area contributed by atoms with Crippen LogP contribution in [0.15, 0.2) is 0 Å². The summed E-state index contributed by atoms with van der Waals surface area (Å²) in [6.45, 7) is 4.18. The highest BCUT2D eigenvalue weighted by atomic mass is 15.3. The van der Waals surface area contributed by atoms with Crippen LogP contribution in [-0.2, 0) is 12.6 Å². The topological polar surface area (TPSA) is 43.8 Å². The molecule has 78 valence electrons. The van der Waals surface area contributed by atoms with E-state index >= 15 is 0 Å². The van der Waals surface area contributed by atoms with E-state index in [1.165, 1.54) is 24.1 Å². The van der Waals surface area contributed by atoms with Crippen LogP contribution in [0, 0.1) is 13.8 Å². The number of hydrogen-bond donors (Lipinski definition) is 1. The molecule has 1 aliphatic carbocycles. The molecule has 1 aliphatic rings. The number of nitrogens with zero attached hydrogens (tertiary/aromatic N) is 2. The van der Waals surface area contributed by atoms with Crippen LogP contribution >= 0.6 is 0 Å². The van der Waals surface area contributed by atoms with Gasteiger partial charge in [0.1, 0.15) is 0 Å². The summed E-state index contributed by atoms with van der Waals surface area (Å²) in [6, 6.07) is 0. The largest absolute Gasteiger partial charge is 0.321 e. The number of rotatable bonds is 1. The summed E-state index contributed by atoms with van der Waals surface area (Å²) in [5.41, 5.74) is 9.97. The minimum Gasteiger partial charge on any atom is -0.321 e. The van der Waals surface area contributed by atoms with E-state index < -0.39 is 0 Å². The van der Waals surface area contributed by atoms with Crippen molar-refractivity contribution in [1.29, 1.82) is 0 Å². The molecule has 0 aliphatic heterocycles. The van der Waals surface area contributed by atoms with E-state index in [0.29, 0.717) is 0 Å². The molecule has 1 heterocycles. The first kappa shape index (κ1) is 9.71. The molecule has 1 saturated carbocycles. The lowest BCUT2D eigenvalue weighted by atomic mass is 9.88. The lowest BCUT2D eigenvalue weighted by molar-refractivity contribution is 0.456. The Bertz CT molecular complexity index is 346. The van der Waals surface area contributed by atoms with Crippen LogP contribution < -0.4 is 5.73 Å². The second-order valence-corrected chi connectivity index (χ2v) is 4.53. The summed E-state index contributed by atoms with van der Waals surface area (Å²) in [4.78, 5) is 0. The fourth-order valence-electron chi connectivity index (χ4n) is 2.75. The van der Waals surface area contributed by atoms with Gasteiger partial charge in [-0.2, -0.15) is 5.10 Å². The van der Waals surface area contributed by atoms with E-state index in [1.54, 1.807) is 0 Å². The van der Waals surface area contributed by atoms with E-state index in [0.717, 1.165) is 18.5 Å². The highest BCUT2D eigenvalue weighted by molar-refractivity contribution is 5.33. The van der Waals surface area contributed by atoms with Crippen LogP contribution in [0.3, 0.4) is 0 Å². The van der Waals surface area contributed by atoms with Crippen molar-refractivity contribution in [2.45, 2.75) is 45.1 Å². The molecule has 1 aromatic heterocycles. The molecule has 0 spiro atoms. The number of aryl methyl sites for hydroxylation is 2. The Labute approximate surface area is 85.3 Å². The second kappa shape index (κ2) is 3.09. The monoisotopic (exact) mass is 193 g/mol. The van der Waals surface area contributed by atoms with Gasteiger partial charge in [0.2, 0.25) is 0 Å². The van der Waals surface area contributed by atoms with Crippen molar-refractivity contribution in [3.8, 4) is 0 Å². The molecule has 1 aromatic rings. The molecule has 1 fully saturated rings.